The highest BCUT2D eigenvalue weighted by Gasteiger charge is 2.45. The largest absolute Gasteiger partial charge is 0.503 e. The van der Waals surface area contributed by atoms with Gasteiger partial charge in [-0.3, -0.25) is 14.5 Å². The predicted octanol–water partition coefficient (Wildman–Crippen LogP) is 6.01. The van der Waals surface area contributed by atoms with Crippen molar-refractivity contribution in [2.75, 3.05) is 22.9 Å². The first-order chi connectivity index (χ1) is 16.7. The van der Waals surface area contributed by atoms with Gasteiger partial charge in [0.25, 0.3) is 5.91 Å². The van der Waals surface area contributed by atoms with Crippen molar-refractivity contribution in [2.24, 2.45) is 0 Å². The Hall–Kier alpha value is -3.45. The molecule has 0 saturated heterocycles. The number of carbonyl (C=O) groups excluding carboxylic acids is 2. The van der Waals surface area contributed by atoms with Gasteiger partial charge in [-0.2, -0.15) is 0 Å². The number of aromatic nitrogens is 1. The molecule has 0 saturated carbocycles. The van der Waals surface area contributed by atoms with Gasteiger partial charge in [0.1, 0.15) is 0 Å². The number of ketones is 1. The Kier molecular flexibility index (Phi) is 6.81. The molecule has 0 bridgehead atoms. The average Bonchev–Trinajstić information content (AvgIpc) is 3.31. The lowest BCUT2D eigenvalue weighted by Gasteiger charge is -2.29. The summed E-state index contributed by atoms with van der Waals surface area (Å²) in [6.45, 7) is 13.5. The van der Waals surface area contributed by atoms with E-state index in [1.165, 1.54) is 11.3 Å². The highest BCUT2D eigenvalue weighted by Crippen LogP contribution is 2.44. The number of amides is 1. The normalized spacial score (nSPS) is 15.8. The predicted molar refractivity (Wildman–Crippen MR) is 142 cm³/mol. The molecular formula is C28H31N3O3S. The molecule has 3 aromatic rings. The first-order valence-corrected chi connectivity index (χ1v) is 12.7. The highest BCUT2D eigenvalue weighted by atomic mass is 32.1. The van der Waals surface area contributed by atoms with E-state index in [-0.39, 0.29) is 11.4 Å². The topological polar surface area (TPSA) is 73.7 Å². The van der Waals surface area contributed by atoms with E-state index < -0.39 is 17.7 Å². The van der Waals surface area contributed by atoms with E-state index in [0.29, 0.717) is 16.3 Å². The number of aliphatic hydroxyl groups excluding tert-OH is 1. The summed E-state index contributed by atoms with van der Waals surface area (Å²) in [5.41, 5.74) is 5.09. The van der Waals surface area contributed by atoms with Crippen molar-refractivity contribution in [1.29, 1.82) is 0 Å². The lowest BCUT2D eigenvalue weighted by atomic mass is 9.94. The minimum absolute atomic E-state index is 0.0956. The van der Waals surface area contributed by atoms with E-state index in [1.807, 2.05) is 63.2 Å². The van der Waals surface area contributed by atoms with Gasteiger partial charge in [-0.1, -0.05) is 24.3 Å². The van der Waals surface area contributed by atoms with E-state index in [9.17, 15) is 14.7 Å². The summed E-state index contributed by atoms with van der Waals surface area (Å²) in [6.07, 6.45) is 0. The molecule has 0 radical (unpaired) electrons. The Morgan fingerprint density at radius 2 is 1.71 bits per heavy atom. The van der Waals surface area contributed by atoms with E-state index in [2.05, 4.69) is 23.7 Å². The van der Waals surface area contributed by atoms with Gasteiger partial charge < -0.3 is 10.0 Å². The summed E-state index contributed by atoms with van der Waals surface area (Å²) in [5.74, 6) is -1.43. The lowest BCUT2D eigenvalue weighted by molar-refractivity contribution is -0.117. The quantitative estimate of drug-likeness (QED) is 0.412. The van der Waals surface area contributed by atoms with Gasteiger partial charge in [0.2, 0.25) is 5.78 Å². The molecule has 182 valence electrons. The standard InChI is InChI=1S/C28H31N3O3S/c1-7-30(8-2)21-13-11-20(12-14-21)24-23(25(32)27-18(5)29-19(6)35-27)26(33)28(34)31(24)22-15-16(3)9-10-17(22)4/h9-15,24,33H,7-8H2,1-6H3. The second-order valence-corrected chi connectivity index (χ2v) is 10.1. The fraction of sp³-hybridized carbons (Fsp3) is 0.321. The van der Waals surface area contributed by atoms with Crippen LogP contribution in [-0.2, 0) is 4.79 Å². The minimum Gasteiger partial charge on any atom is -0.503 e. The first-order valence-electron chi connectivity index (χ1n) is 11.8. The number of hydrogen-bond donors (Lipinski definition) is 1. The molecule has 35 heavy (non-hydrogen) atoms. The molecule has 2 heterocycles. The van der Waals surface area contributed by atoms with Crippen LogP contribution in [0.2, 0.25) is 0 Å². The number of rotatable bonds is 7. The molecule has 4 rings (SSSR count). The number of hydrogen-bond acceptors (Lipinski definition) is 6. The van der Waals surface area contributed by atoms with Crippen molar-refractivity contribution in [3.05, 3.63) is 86.1 Å². The second-order valence-electron chi connectivity index (χ2n) is 8.87. The molecule has 0 fully saturated rings. The van der Waals surface area contributed by atoms with Crippen LogP contribution in [0, 0.1) is 27.7 Å². The maximum absolute atomic E-state index is 13.8. The van der Waals surface area contributed by atoms with Crippen molar-refractivity contribution in [1.82, 2.24) is 4.98 Å². The molecule has 1 atom stereocenters. The van der Waals surface area contributed by atoms with Gasteiger partial charge in [-0.15, -0.1) is 11.3 Å². The van der Waals surface area contributed by atoms with E-state index in [4.69, 9.17) is 0 Å². The Balaban J connectivity index is 1.89. The average molecular weight is 490 g/mol. The lowest BCUT2D eigenvalue weighted by Crippen LogP contribution is -2.31. The SMILES string of the molecule is CCN(CC)c1ccc(C2C(C(=O)c3sc(C)nc3C)=C(O)C(=O)N2c2cc(C)ccc2C)cc1. The van der Waals surface area contributed by atoms with E-state index >= 15 is 0 Å². The summed E-state index contributed by atoms with van der Waals surface area (Å²) in [4.78, 5) is 35.9. The fourth-order valence-electron chi connectivity index (χ4n) is 4.70. The Bertz CT molecular complexity index is 1320. The Morgan fingerprint density at radius 1 is 1.06 bits per heavy atom. The third-order valence-electron chi connectivity index (χ3n) is 6.52. The minimum atomic E-state index is -0.747. The first kappa shape index (κ1) is 24.7. The summed E-state index contributed by atoms with van der Waals surface area (Å²) in [5, 5.41) is 11.8. The third kappa shape index (κ3) is 4.36. The van der Waals surface area contributed by atoms with Crippen molar-refractivity contribution < 1.29 is 14.7 Å². The van der Waals surface area contributed by atoms with Gasteiger partial charge in [0.05, 0.1) is 27.2 Å². The van der Waals surface area contributed by atoms with Crippen LogP contribution in [0.1, 0.15) is 57.0 Å². The number of thiazole rings is 1. The molecule has 0 aliphatic carbocycles. The number of anilines is 2. The summed E-state index contributed by atoms with van der Waals surface area (Å²) >= 11 is 1.28. The van der Waals surface area contributed by atoms with Crippen molar-refractivity contribution in [3.63, 3.8) is 0 Å². The molecule has 1 aromatic heterocycles. The van der Waals surface area contributed by atoms with Gasteiger partial charge in [-0.25, -0.2) is 4.98 Å². The van der Waals surface area contributed by atoms with Crippen LogP contribution in [0.15, 0.2) is 53.8 Å². The number of carbonyl (C=O) groups is 2. The smallest absolute Gasteiger partial charge is 0.294 e. The number of benzene rings is 2. The molecular weight excluding hydrogens is 458 g/mol. The van der Waals surface area contributed by atoms with Gasteiger partial charge in [0, 0.05) is 24.5 Å². The molecule has 2 aromatic carbocycles. The van der Waals surface area contributed by atoms with Crippen molar-refractivity contribution in [3.8, 4) is 0 Å². The van der Waals surface area contributed by atoms with Gasteiger partial charge in [0.15, 0.2) is 5.76 Å². The third-order valence-corrected chi connectivity index (χ3v) is 7.60. The van der Waals surface area contributed by atoms with Crippen LogP contribution in [0.4, 0.5) is 11.4 Å². The van der Waals surface area contributed by atoms with Crippen LogP contribution < -0.4 is 9.80 Å². The van der Waals surface area contributed by atoms with Crippen LogP contribution in [0.3, 0.4) is 0 Å². The number of Topliss-reactive ketones (excluding diaryl/α,β-unsaturated/α-hetero) is 1. The molecule has 6 nitrogen and oxygen atoms in total. The summed E-state index contributed by atoms with van der Waals surface area (Å²) in [6, 6.07) is 13.0. The fourth-order valence-corrected chi connectivity index (χ4v) is 5.57. The molecule has 1 N–H and O–H groups in total. The maximum atomic E-state index is 13.8. The Morgan fingerprint density at radius 3 is 2.29 bits per heavy atom. The maximum Gasteiger partial charge on any atom is 0.294 e. The molecule has 7 heteroatoms. The monoisotopic (exact) mass is 489 g/mol. The Labute approximate surface area is 210 Å². The van der Waals surface area contributed by atoms with Crippen molar-refractivity contribution in [2.45, 2.75) is 47.6 Å². The van der Waals surface area contributed by atoms with Gasteiger partial charge in [-0.05, 0) is 76.4 Å². The van der Waals surface area contributed by atoms with E-state index in [0.717, 1.165) is 40.5 Å². The van der Waals surface area contributed by atoms with Crippen LogP contribution >= 0.6 is 11.3 Å². The summed E-state index contributed by atoms with van der Waals surface area (Å²) in [7, 11) is 0. The zero-order valence-electron chi connectivity index (χ0n) is 21.0. The zero-order valence-corrected chi connectivity index (χ0v) is 21.9. The van der Waals surface area contributed by atoms with Crippen LogP contribution in [0.5, 0.6) is 0 Å². The summed E-state index contributed by atoms with van der Waals surface area (Å²) < 4.78 is 0. The molecule has 1 amide bonds. The molecule has 1 unspecified atom stereocenters. The number of aryl methyl sites for hydroxylation is 4. The van der Waals surface area contributed by atoms with Crippen LogP contribution in [-0.4, -0.2) is 34.9 Å². The zero-order chi connectivity index (χ0) is 25.4. The number of nitrogens with zero attached hydrogens (tertiary/aromatic N) is 3. The number of aliphatic hydroxyl groups is 1. The molecule has 0 spiro atoms. The van der Waals surface area contributed by atoms with Crippen molar-refractivity contribution >= 4 is 34.4 Å². The van der Waals surface area contributed by atoms with Crippen LogP contribution in [0.25, 0.3) is 0 Å². The molecule has 1 aliphatic rings. The van der Waals surface area contributed by atoms with E-state index in [1.54, 1.807) is 11.8 Å². The highest BCUT2D eigenvalue weighted by molar-refractivity contribution is 7.14. The van der Waals surface area contributed by atoms with Gasteiger partial charge >= 0.3 is 0 Å². The second kappa shape index (κ2) is 9.66. The molecule has 1 aliphatic heterocycles.